The lowest BCUT2D eigenvalue weighted by Crippen LogP contribution is -2.10. The smallest absolute Gasteiger partial charge is 0.179 e. The van der Waals surface area contributed by atoms with Crippen LogP contribution < -0.4 is 0 Å². The van der Waals surface area contributed by atoms with Gasteiger partial charge in [0.1, 0.15) is 11.3 Å². The first kappa shape index (κ1) is 22.3. The Balaban J connectivity index is 0.000000174. The van der Waals surface area contributed by atoms with Crippen LogP contribution in [0.1, 0.15) is 42.3 Å². The van der Waals surface area contributed by atoms with Gasteiger partial charge < -0.3 is 4.74 Å². The highest BCUT2D eigenvalue weighted by molar-refractivity contribution is 6.30. The van der Waals surface area contributed by atoms with Crippen molar-refractivity contribution in [1.29, 1.82) is 0 Å². The van der Waals surface area contributed by atoms with E-state index in [1.165, 1.54) is 24.5 Å². The van der Waals surface area contributed by atoms with E-state index in [1.54, 1.807) is 24.4 Å². The Bertz CT molecular complexity index is 1240. The second-order valence-electron chi connectivity index (χ2n) is 7.85. The molecule has 32 heavy (non-hydrogen) atoms. The zero-order chi connectivity index (χ0) is 22.7. The van der Waals surface area contributed by atoms with Crippen molar-refractivity contribution in [1.82, 2.24) is 24.7 Å². The van der Waals surface area contributed by atoms with Crippen molar-refractivity contribution in [2.24, 2.45) is 7.05 Å². The van der Waals surface area contributed by atoms with Crippen LogP contribution in [0.3, 0.4) is 0 Å². The summed E-state index contributed by atoms with van der Waals surface area (Å²) in [6.07, 6.45) is 9.47. The lowest BCUT2D eigenvalue weighted by molar-refractivity contribution is 0.0149. The number of halogens is 2. The van der Waals surface area contributed by atoms with E-state index < -0.39 is 0 Å². The van der Waals surface area contributed by atoms with Gasteiger partial charge in [-0.2, -0.15) is 5.10 Å². The molecule has 5 rings (SSSR count). The van der Waals surface area contributed by atoms with Crippen molar-refractivity contribution in [3.8, 4) is 11.1 Å². The summed E-state index contributed by atoms with van der Waals surface area (Å²) in [5.74, 6) is -0.384. The van der Waals surface area contributed by atoms with E-state index in [0.717, 1.165) is 24.4 Å². The Labute approximate surface area is 191 Å². The molecule has 4 heterocycles. The number of hydrogen-bond donors (Lipinski definition) is 0. The van der Waals surface area contributed by atoms with E-state index in [4.69, 9.17) is 16.3 Å². The number of hydrogen-bond acceptors (Lipinski definition) is 5. The number of benzene rings is 1. The highest BCUT2D eigenvalue weighted by Crippen LogP contribution is 2.30. The fourth-order valence-corrected chi connectivity index (χ4v) is 3.82. The van der Waals surface area contributed by atoms with Crippen LogP contribution >= 0.6 is 11.6 Å². The molecular formula is C24H25ClFN5O. The Morgan fingerprint density at radius 3 is 2.59 bits per heavy atom. The van der Waals surface area contributed by atoms with Gasteiger partial charge in [0.2, 0.25) is 0 Å². The van der Waals surface area contributed by atoms with Crippen molar-refractivity contribution < 1.29 is 9.13 Å². The van der Waals surface area contributed by atoms with E-state index in [2.05, 4.69) is 20.1 Å². The van der Waals surface area contributed by atoms with Crippen molar-refractivity contribution in [2.75, 3.05) is 6.61 Å². The summed E-state index contributed by atoms with van der Waals surface area (Å²) < 4.78 is 21.5. The standard InChI is InChI=1S/C15H11ClFN3.C9H14N2O/c1-8-9(2)20-15-14(19-8)12(5-6-18-15)11-4-3-10(16)7-13(11)17;1-11-7-8(6-10-11)9-4-2-3-5-12-9/h3-7H,1-2H3;6-7,9H,2-5H2,1H3. The predicted octanol–water partition coefficient (Wildman–Crippen LogP) is 5.76. The lowest BCUT2D eigenvalue weighted by atomic mass is 10.0. The largest absolute Gasteiger partial charge is 0.373 e. The first-order valence-electron chi connectivity index (χ1n) is 10.6. The molecule has 6 nitrogen and oxygen atoms in total. The van der Waals surface area contributed by atoms with E-state index in [-0.39, 0.29) is 5.82 Å². The molecule has 166 valence electrons. The number of aryl methyl sites for hydroxylation is 3. The molecule has 0 saturated carbocycles. The first-order chi connectivity index (χ1) is 15.4. The maximum Gasteiger partial charge on any atom is 0.179 e. The van der Waals surface area contributed by atoms with Crippen LogP contribution in [-0.4, -0.2) is 31.3 Å². The molecule has 1 aliphatic heterocycles. The predicted molar refractivity (Wildman–Crippen MR) is 123 cm³/mol. The van der Waals surface area contributed by atoms with Gasteiger partial charge in [-0.15, -0.1) is 0 Å². The number of aromatic nitrogens is 5. The van der Waals surface area contributed by atoms with Crippen LogP contribution in [0, 0.1) is 19.7 Å². The maximum absolute atomic E-state index is 14.1. The number of nitrogens with zero attached hydrogens (tertiary/aromatic N) is 5. The average molecular weight is 454 g/mol. The van der Waals surface area contributed by atoms with Gasteiger partial charge in [0.15, 0.2) is 5.65 Å². The minimum absolute atomic E-state index is 0.299. The lowest BCUT2D eigenvalue weighted by Gasteiger charge is -2.21. The third-order valence-corrected chi connectivity index (χ3v) is 5.71. The molecule has 0 amide bonds. The number of fused-ring (bicyclic) bond motifs is 1. The minimum Gasteiger partial charge on any atom is -0.373 e. The summed E-state index contributed by atoms with van der Waals surface area (Å²) in [7, 11) is 1.94. The van der Waals surface area contributed by atoms with Gasteiger partial charge in [0, 0.05) is 47.8 Å². The zero-order valence-corrected chi connectivity index (χ0v) is 19.1. The fraction of sp³-hybridized carbons (Fsp3) is 0.333. The summed E-state index contributed by atoms with van der Waals surface area (Å²) in [5, 5.41) is 4.49. The molecule has 0 spiro atoms. The average Bonchev–Trinajstić information content (AvgIpc) is 3.22. The van der Waals surface area contributed by atoms with Gasteiger partial charge in [0.25, 0.3) is 0 Å². The minimum atomic E-state index is -0.384. The van der Waals surface area contributed by atoms with Gasteiger partial charge in [-0.05, 0) is 57.4 Å². The molecule has 1 fully saturated rings. The quantitative estimate of drug-likeness (QED) is 0.386. The highest BCUT2D eigenvalue weighted by atomic mass is 35.5. The third kappa shape index (κ3) is 4.95. The summed E-state index contributed by atoms with van der Waals surface area (Å²) in [5.41, 5.74) is 5.06. The van der Waals surface area contributed by atoms with E-state index in [0.29, 0.717) is 33.4 Å². The van der Waals surface area contributed by atoms with Crippen molar-refractivity contribution in [3.63, 3.8) is 0 Å². The van der Waals surface area contributed by atoms with E-state index in [9.17, 15) is 4.39 Å². The number of pyridine rings is 1. The Morgan fingerprint density at radius 2 is 1.91 bits per heavy atom. The van der Waals surface area contributed by atoms with Crippen LogP contribution in [0.15, 0.2) is 42.9 Å². The Kier molecular flexibility index (Phi) is 6.77. The third-order valence-electron chi connectivity index (χ3n) is 5.48. The van der Waals surface area contributed by atoms with Gasteiger partial charge in [0.05, 0.1) is 23.7 Å². The molecule has 8 heteroatoms. The Hall–Kier alpha value is -2.90. The van der Waals surface area contributed by atoms with Gasteiger partial charge in [-0.25, -0.2) is 19.3 Å². The molecule has 1 saturated heterocycles. The second kappa shape index (κ2) is 9.71. The highest BCUT2D eigenvalue weighted by Gasteiger charge is 2.17. The molecule has 0 aliphatic carbocycles. The van der Waals surface area contributed by atoms with Crippen molar-refractivity contribution in [2.45, 2.75) is 39.2 Å². The molecule has 1 unspecified atom stereocenters. The molecule has 0 radical (unpaired) electrons. The van der Waals surface area contributed by atoms with Gasteiger partial charge in [-0.3, -0.25) is 4.68 Å². The van der Waals surface area contributed by atoms with E-state index in [1.807, 2.05) is 38.0 Å². The van der Waals surface area contributed by atoms with Gasteiger partial charge >= 0.3 is 0 Å². The molecule has 4 aromatic rings. The van der Waals surface area contributed by atoms with Crippen LogP contribution in [0.2, 0.25) is 5.02 Å². The zero-order valence-electron chi connectivity index (χ0n) is 18.3. The number of ether oxygens (including phenoxy) is 1. The molecular weight excluding hydrogens is 429 g/mol. The van der Waals surface area contributed by atoms with Crippen molar-refractivity contribution in [3.05, 3.63) is 70.6 Å². The molecule has 1 aliphatic rings. The van der Waals surface area contributed by atoms with Crippen LogP contribution in [0.4, 0.5) is 4.39 Å². The summed E-state index contributed by atoms with van der Waals surface area (Å²) in [6, 6.07) is 6.32. The fourth-order valence-electron chi connectivity index (χ4n) is 3.66. The van der Waals surface area contributed by atoms with Gasteiger partial charge in [-0.1, -0.05) is 11.6 Å². The maximum atomic E-state index is 14.1. The van der Waals surface area contributed by atoms with Crippen LogP contribution in [0.5, 0.6) is 0 Å². The molecule has 0 bridgehead atoms. The molecule has 1 atom stereocenters. The summed E-state index contributed by atoms with van der Waals surface area (Å²) in [6.45, 7) is 4.65. The molecule has 0 N–H and O–H groups in total. The topological polar surface area (TPSA) is 65.7 Å². The van der Waals surface area contributed by atoms with Crippen molar-refractivity contribution >= 4 is 22.8 Å². The molecule has 1 aromatic carbocycles. The second-order valence-corrected chi connectivity index (χ2v) is 8.29. The normalized spacial score (nSPS) is 16.0. The first-order valence-corrected chi connectivity index (χ1v) is 11.0. The monoisotopic (exact) mass is 453 g/mol. The van der Waals surface area contributed by atoms with Crippen LogP contribution in [-0.2, 0) is 11.8 Å². The summed E-state index contributed by atoms with van der Waals surface area (Å²) in [4.78, 5) is 13.1. The Morgan fingerprint density at radius 1 is 1.09 bits per heavy atom. The number of rotatable bonds is 2. The summed E-state index contributed by atoms with van der Waals surface area (Å²) >= 11 is 5.79. The van der Waals surface area contributed by atoms with E-state index >= 15 is 0 Å². The van der Waals surface area contributed by atoms with Crippen LogP contribution in [0.25, 0.3) is 22.3 Å². The molecule has 3 aromatic heterocycles. The SMILES string of the molecule is Cc1nc2nccc(-c3ccc(Cl)cc3F)c2nc1C.Cn1cc(C2CCCCO2)cn1.